The molecule has 0 saturated carbocycles. The Morgan fingerprint density at radius 2 is 1.18 bits per heavy atom. The number of rotatable bonds is 32. The van der Waals surface area contributed by atoms with Crippen molar-refractivity contribution in [1.29, 1.82) is 0 Å². The second-order valence-corrected chi connectivity index (χ2v) is 12.3. The van der Waals surface area contributed by atoms with E-state index in [1.54, 1.807) is 0 Å². The molecule has 286 valence electrons. The van der Waals surface area contributed by atoms with E-state index in [1.165, 1.54) is 0 Å². The molecule has 0 aromatic rings. The Balaban J connectivity index is 4.07. The molecular formula is C42H66N2O7. The minimum atomic E-state index is -1.40. The Morgan fingerprint density at radius 3 is 1.73 bits per heavy atom. The van der Waals surface area contributed by atoms with Crippen molar-refractivity contribution in [3.05, 3.63) is 85.1 Å². The average molecular weight is 711 g/mol. The number of aliphatic carboxylic acids is 1. The monoisotopic (exact) mass is 710 g/mol. The normalized spacial score (nSPS) is 13.5. The summed E-state index contributed by atoms with van der Waals surface area (Å²) in [5, 5.41) is 22.4. The number of hydrogen-bond donors (Lipinski definition) is 4. The summed E-state index contributed by atoms with van der Waals surface area (Å²) in [6, 6.07) is -1.40. The fraction of sp³-hybridized carbons (Fsp3) is 0.571. The van der Waals surface area contributed by atoms with Crippen LogP contribution in [0.25, 0.3) is 0 Å². The van der Waals surface area contributed by atoms with Gasteiger partial charge in [0.1, 0.15) is 12.1 Å². The Morgan fingerprint density at radius 1 is 0.627 bits per heavy atom. The zero-order valence-corrected chi connectivity index (χ0v) is 31.3. The minimum absolute atomic E-state index is 0.168. The van der Waals surface area contributed by atoms with E-state index < -0.39 is 24.5 Å². The van der Waals surface area contributed by atoms with E-state index in [-0.39, 0.29) is 30.9 Å². The van der Waals surface area contributed by atoms with Gasteiger partial charge in [-0.15, -0.1) is 0 Å². The first kappa shape index (κ1) is 47.0. The Kier molecular flexibility index (Phi) is 33.0. The molecule has 0 aromatic heterocycles. The van der Waals surface area contributed by atoms with E-state index in [1.807, 2.05) is 6.08 Å². The second-order valence-electron chi connectivity index (χ2n) is 12.3. The van der Waals surface area contributed by atoms with Gasteiger partial charge in [-0.05, 0) is 89.5 Å². The molecule has 0 heterocycles. The third kappa shape index (κ3) is 33.0. The standard InChI is InChI=1S/C42H66N2O7/c1-3-5-7-8-9-10-11-12-13-14-15-16-17-18-19-20-21-22-23-24-30-34-41(48)51-37(31-27-6-4-2)32-28-25-26-29-33-39(46)43-35-40(47)44-38(36-45)42(49)50/h5,7,9-10,12-13,15-16,18-19,21-22,27,31,37-38,45H,3-4,6,8,11,14,17,20,23-26,28-30,32-36H2,1-2H3,(H,43,46)(H,44,47)(H,49,50)/b7-5-,10-9-,13-12-,16-15-,19-18-,22-21-,31-27-. The molecule has 2 unspecified atom stereocenters. The molecule has 2 amide bonds. The van der Waals surface area contributed by atoms with Crippen molar-refractivity contribution in [3.63, 3.8) is 0 Å². The van der Waals surface area contributed by atoms with Crippen LogP contribution in [0.1, 0.15) is 129 Å². The SMILES string of the molecule is CC/C=C\C/C=C\C/C=C\C/C=C\C/C=C\C/C=C\CCCCC(=O)OC(/C=C\CCC)CCCCCCC(=O)NCC(=O)NC(CO)C(=O)O. The van der Waals surface area contributed by atoms with Crippen molar-refractivity contribution in [2.24, 2.45) is 0 Å². The van der Waals surface area contributed by atoms with Crippen molar-refractivity contribution < 1.29 is 34.1 Å². The smallest absolute Gasteiger partial charge is 0.328 e. The van der Waals surface area contributed by atoms with Crippen LogP contribution in [-0.4, -0.2) is 59.3 Å². The summed E-state index contributed by atoms with van der Waals surface area (Å²) in [7, 11) is 0. The van der Waals surface area contributed by atoms with Crippen LogP contribution >= 0.6 is 0 Å². The number of aliphatic hydroxyl groups is 1. The predicted octanol–water partition coefficient (Wildman–Crippen LogP) is 8.53. The highest BCUT2D eigenvalue weighted by atomic mass is 16.5. The van der Waals surface area contributed by atoms with Crippen LogP contribution in [0.4, 0.5) is 0 Å². The second kappa shape index (κ2) is 35.8. The number of carboxylic acid groups (broad SMARTS) is 1. The maximum absolute atomic E-state index is 12.5. The van der Waals surface area contributed by atoms with Gasteiger partial charge in [0.25, 0.3) is 0 Å². The molecule has 2 atom stereocenters. The number of aliphatic hydroxyl groups excluding tert-OH is 1. The van der Waals surface area contributed by atoms with Gasteiger partial charge in [0.15, 0.2) is 0 Å². The molecule has 0 aliphatic heterocycles. The summed E-state index contributed by atoms with van der Waals surface area (Å²) < 4.78 is 5.77. The highest BCUT2D eigenvalue weighted by Crippen LogP contribution is 2.13. The van der Waals surface area contributed by atoms with Gasteiger partial charge < -0.3 is 25.6 Å². The predicted molar refractivity (Wildman–Crippen MR) is 208 cm³/mol. The number of nitrogens with one attached hydrogen (secondary N) is 2. The maximum Gasteiger partial charge on any atom is 0.328 e. The summed E-state index contributed by atoms with van der Waals surface area (Å²) in [4.78, 5) is 47.1. The first-order valence-electron chi connectivity index (χ1n) is 19.0. The van der Waals surface area contributed by atoms with Crippen molar-refractivity contribution in [1.82, 2.24) is 10.6 Å². The van der Waals surface area contributed by atoms with Crippen LogP contribution in [0.5, 0.6) is 0 Å². The molecule has 0 aromatic carbocycles. The third-order valence-corrected chi connectivity index (χ3v) is 7.59. The number of amides is 2. The lowest BCUT2D eigenvalue weighted by molar-refractivity contribution is -0.147. The van der Waals surface area contributed by atoms with Crippen molar-refractivity contribution in [3.8, 4) is 0 Å². The zero-order chi connectivity index (χ0) is 37.6. The van der Waals surface area contributed by atoms with E-state index in [9.17, 15) is 19.2 Å². The highest BCUT2D eigenvalue weighted by Gasteiger charge is 2.18. The van der Waals surface area contributed by atoms with Crippen molar-refractivity contribution >= 4 is 23.8 Å². The summed E-state index contributed by atoms with van der Waals surface area (Å²) in [5.74, 6) is -2.48. The molecule has 0 saturated heterocycles. The summed E-state index contributed by atoms with van der Waals surface area (Å²) in [6.45, 7) is 3.18. The van der Waals surface area contributed by atoms with Gasteiger partial charge in [-0.1, -0.05) is 112 Å². The fourth-order valence-corrected chi connectivity index (χ4v) is 4.69. The Hall–Kier alpha value is -3.98. The first-order chi connectivity index (χ1) is 24.8. The summed E-state index contributed by atoms with van der Waals surface area (Å²) >= 11 is 0. The third-order valence-electron chi connectivity index (χ3n) is 7.59. The number of ether oxygens (including phenoxy) is 1. The van der Waals surface area contributed by atoms with Gasteiger partial charge in [-0.3, -0.25) is 14.4 Å². The number of carboxylic acids is 1. The van der Waals surface area contributed by atoms with Crippen LogP contribution in [0.3, 0.4) is 0 Å². The summed E-state index contributed by atoms with van der Waals surface area (Å²) in [6.07, 6.45) is 45.3. The molecule has 9 heteroatoms. The maximum atomic E-state index is 12.5. The largest absolute Gasteiger partial charge is 0.480 e. The highest BCUT2D eigenvalue weighted by molar-refractivity contribution is 5.87. The van der Waals surface area contributed by atoms with Crippen molar-refractivity contribution in [2.45, 2.75) is 142 Å². The van der Waals surface area contributed by atoms with E-state index in [0.717, 1.165) is 96.3 Å². The molecular weight excluding hydrogens is 644 g/mol. The molecule has 0 fully saturated rings. The Bertz CT molecular complexity index is 1130. The van der Waals surface area contributed by atoms with Gasteiger partial charge in [0.2, 0.25) is 11.8 Å². The van der Waals surface area contributed by atoms with Crippen molar-refractivity contribution in [2.75, 3.05) is 13.2 Å². The molecule has 0 spiro atoms. The van der Waals surface area contributed by atoms with Crippen LogP contribution in [0.15, 0.2) is 85.1 Å². The number of carbonyl (C=O) groups excluding carboxylic acids is 3. The van der Waals surface area contributed by atoms with Crippen LogP contribution in [0.2, 0.25) is 0 Å². The van der Waals surface area contributed by atoms with Gasteiger partial charge in [-0.25, -0.2) is 4.79 Å². The van der Waals surface area contributed by atoms with Gasteiger partial charge in [-0.2, -0.15) is 0 Å². The van der Waals surface area contributed by atoms with Crippen LogP contribution in [0, 0.1) is 0 Å². The topological polar surface area (TPSA) is 142 Å². The lowest BCUT2D eigenvalue weighted by Gasteiger charge is -2.15. The molecule has 4 N–H and O–H groups in total. The molecule has 0 bridgehead atoms. The van der Waals surface area contributed by atoms with Gasteiger partial charge in [0.05, 0.1) is 13.2 Å². The van der Waals surface area contributed by atoms with E-state index in [2.05, 4.69) is 103 Å². The summed E-state index contributed by atoms with van der Waals surface area (Å²) in [5.41, 5.74) is 0. The van der Waals surface area contributed by atoms with E-state index in [0.29, 0.717) is 12.8 Å². The molecule has 0 aliphatic rings. The number of hydrogen-bond acceptors (Lipinski definition) is 6. The fourth-order valence-electron chi connectivity index (χ4n) is 4.69. The lowest BCUT2D eigenvalue weighted by Crippen LogP contribution is -2.47. The number of allylic oxidation sites excluding steroid dienone is 13. The quantitative estimate of drug-likeness (QED) is 0.0311. The average Bonchev–Trinajstić information content (AvgIpc) is 3.11. The number of unbranched alkanes of at least 4 members (excludes halogenated alkanes) is 6. The lowest BCUT2D eigenvalue weighted by atomic mass is 10.1. The van der Waals surface area contributed by atoms with E-state index in [4.69, 9.17) is 14.9 Å². The Labute approximate surface area is 307 Å². The first-order valence-corrected chi connectivity index (χ1v) is 19.0. The molecule has 0 radical (unpaired) electrons. The van der Waals surface area contributed by atoms with Crippen LogP contribution in [-0.2, 0) is 23.9 Å². The zero-order valence-electron chi connectivity index (χ0n) is 31.3. The molecule has 0 aliphatic carbocycles. The molecule has 0 rings (SSSR count). The molecule has 9 nitrogen and oxygen atoms in total. The van der Waals surface area contributed by atoms with Gasteiger partial charge in [0, 0.05) is 12.8 Å². The molecule has 51 heavy (non-hydrogen) atoms. The van der Waals surface area contributed by atoms with Crippen LogP contribution < -0.4 is 10.6 Å². The minimum Gasteiger partial charge on any atom is -0.480 e. The number of esters is 1. The number of carbonyl (C=O) groups is 4. The van der Waals surface area contributed by atoms with E-state index >= 15 is 0 Å². The van der Waals surface area contributed by atoms with Gasteiger partial charge >= 0.3 is 11.9 Å².